The van der Waals surface area contributed by atoms with Crippen LogP contribution in [0.2, 0.25) is 0 Å². The SMILES string of the molecule is Cc1ccc(N=Nc2c(C(=O)O)[nH]n(-c3cc(C(=O)O)cc(C(=O)O)c3)c2=O)c(S(=O)(=O)O)c1. The highest BCUT2D eigenvalue weighted by molar-refractivity contribution is 7.86. The molecule has 34 heavy (non-hydrogen) atoms. The number of rotatable bonds is 7. The largest absolute Gasteiger partial charge is 0.478 e. The van der Waals surface area contributed by atoms with Crippen LogP contribution in [0.25, 0.3) is 5.69 Å². The number of aromatic carboxylic acids is 3. The Morgan fingerprint density at radius 3 is 2.00 bits per heavy atom. The Kier molecular flexibility index (Phi) is 6.16. The molecule has 2 aromatic carbocycles. The molecule has 5 N–H and O–H groups in total. The van der Waals surface area contributed by atoms with E-state index in [4.69, 9.17) is 0 Å². The first-order chi connectivity index (χ1) is 15.8. The maximum Gasteiger partial charge on any atom is 0.356 e. The quantitative estimate of drug-likeness (QED) is 0.239. The van der Waals surface area contributed by atoms with Crippen molar-refractivity contribution in [2.45, 2.75) is 11.8 Å². The summed E-state index contributed by atoms with van der Waals surface area (Å²) in [7, 11) is -4.73. The molecular weight excluding hydrogens is 476 g/mol. The van der Waals surface area contributed by atoms with Crippen LogP contribution in [0.4, 0.5) is 11.4 Å². The first-order valence-corrected chi connectivity index (χ1v) is 10.4. The number of hydrogen-bond donors (Lipinski definition) is 5. The lowest BCUT2D eigenvalue weighted by atomic mass is 10.1. The number of carbonyl (C=O) groups is 3. The Balaban J connectivity index is 2.22. The van der Waals surface area contributed by atoms with E-state index in [-0.39, 0.29) is 5.69 Å². The third-order valence-electron chi connectivity index (χ3n) is 4.40. The van der Waals surface area contributed by atoms with Crippen molar-refractivity contribution in [2.75, 3.05) is 0 Å². The molecule has 176 valence electrons. The van der Waals surface area contributed by atoms with Gasteiger partial charge in [0.15, 0.2) is 11.4 Å². The van der Waals surface area contributed by atoms with Gasteiger partial charge < -0.3 is 15.3 Å². The number of hydrogen-bond acceptors (Lipinski definition) is 8. The third-order valence-corrected chi connectivity index (χ3v) is 5.28. The van der Waals surface area contributed by atoms with Gasteiger partial charge in [0.05, 0.1) is 16.8 Å². The van der Waals surface area contributed by atoms with Crippen LogP contribution < -0.4 is 5.56 Å². The third kappa shape index (κ3) is 4.74. The number of carboxylic acids is 3. The van der Waals surface area contributed by atoms with E-state index in [1.54, 1.807) is 6.92 Å². The Morgan fingerprint density at radius 1 is 0.912 bits per heavy atom. The highest BCUT2D eigenvalue weighted by Crippen LogP contribution is 2.27. The van der Waals surface area contributed by atoms with Gasteiger partial charge in [-0.1, -0.05) is 6.07 Å². The number of benzene rings is 2. The molecule has 1 heterocycles. The van der Waals surface area contributed by atoms with Gasteiger partial charge in [0.25, 0.3) is 15.7 Å². The molecule has 0 radical (unpaired) electrons. The van der Waals surface area contributed by atoms with Crippen LogP contribution in [0.1, 0.15) is 36.8 Å². The van der Waals surface area contributed by atoms with Crippen molar-refractivity contribution in [3.05, 3.63) is 69.1 Å². The van der Waals surface area contributed by atoms with Crippen LogP contribution in [0.15, 0.2) is 56.3 Å². The topological polar surface area (TPSA) is 229 Å². The average Bonchev–Trinajstić information content (AvgIpc) is 3.08. The van der Waals surface area contributed by atoms with E-state index in [2.05, 4.69) is 15.3 Å². The Labute approximate surface area is 189 Å². The van der Waals surface area contributed by atoms with Crippen molar-refractivity contribution in [2.24, 2.45) is 10.2 Å². The first-order valence-electron chi connectivity index (χ1n) is 9.00. The minimum absolute atomic E-state index is 0.319. The van der Waals surface area contributed by atoms with Crippen LogP contribution >= 0.6 is 0 Å². The van der Waals surface area contributed by atoms with E-state index in [1.807, 2.05) is 0 Å². The first kappa shape index (κ1) is 24.0. The molecule has 0 amide bonds. The summed E-state index contributed by atoms with van der Waals surface area (Å²) < 4.78 is 33.2. The van der Waals surface area contributed by atoms with Gasteiger partial charge in [0, 0.05) is 0 Å². The van der Waals surface area contributed by atoms with Crippen LogP contribution in [0.5, 0.6) is 0 Å². The fourth-order valence-corrected chi connectivity index (χ4v) is 3.56. The second kappa shape index (κ2) is 8.72. The molecular formula is C19H14N4O10S. The van der Waals surface area contributed by atoms with Crippen molar-refractivity contribution in [3.63, 3.8) is 0 Å². The summed E-state index contributed by atoms with van der Waals surface area (Å²) in [5.41, 5.74) is -3.99. The Bertz CT molecular complexity index is 1520. The maximum absolute atomic E-state index is 12.9. The molecule has 0 fully saturated rings. The van der Waals surface area contributed by atoms with E-state index in [0.29, 0.717) is 10.2 Å². The summed E-state index contributed by atoms with van der Waals surface area (Å²) in [4.78, 5) is 46.5. The predicted octanol–water partition coefficient (Wildman–Crippen LogP) is 2.23. The molecule has 15 heteroatoms. The summed E-state index contributed by atoms with van der Waals surface area (Å²) >= 11 is 0. The number of aryl methyl sites for hydroxylation is 1. The average molecular weight is 490 g/mol. The maximum atomic E-state index is 12.9. The fourth-order valence-electron chi connectivity index (χ4n) is 2.85. The number of nitrogens with one attached hydrogen (secondary N) is 1. The van der Waals surface area contributed by atoms with Crippen molar-refractivity contribution in [3.8, 4) is 5.69 Å². The van der Waals surface area contributed by atoms with Gasteiger partial charge in [-0.05, 0) is 42.8 Å². The van der Waals surface area contributed by atoms with Crippen LogP contribution in [0.3, 0.4) is 0 Å². The number of H-pyrrole nitrogens is 1. The summed E-state index contributed by atoms with van der Waals surface area (Å²) in [5.74, 6) is -4.67. The summed E-state index contributed by atoms with van der Waals surface area (Å²) in [5, 5.41) is 37.2. The van der Waals surface area contributed by atoms with Gasteiger partial charge in [-0.15, -0.1) is 10.2 Å². The molecule has 0 spiro atoms. The lowest BCUT2D eigenvalue weighted by molar-refractivity contribution is 0.0678. The van der Waals surface area contributed by atoms with E-state index < -0.39 is 66.7 Å². The summed E-state index contributed by atoms with van der Waals surface area (Å²) in [6, 6.07) is 6.38. The van der Waals surface area contributed by atoms with Gasteiger partial charge in [0.1, 0.15) is 10.6 Å². The van der Waals surface area contributed by atoms with Gasteiger partial charge in [-0.2, -0.15) is 8.42 Å². The number of aromatic amines is 1. The molecule has 3 rings (SSSR count). The minimum atomic E-state index is -4.73. The van der Waals surface area contributed by atoms with Gasteiger partial charge in [-0.25, -0.2) is 19.1 Å². The predicted molar refractivity (Wildman–Crippen MR) is 112 cm³/mol. The lowest BCUT2D eigenvalue weighted by Crippen LogP contribution is -2.16. The normalized spacial score (nSPS) is 11.6. The van der Waals surface area contributed by atoms with Gasteiger partial charge >= 0.3 is 17.9 Å². The highest BCUT2D eigenvalue weighted by Gasteiger charge is 2.23. The second-order valence-electron chi connectivity index (χ2n) is 6.81. The van der Waals surface area contributed by atoms with Crippen molar-refractivity contribution < 1.29 is 42.7 Å². The number of carboxylic acid groups (broad SMARTS) is 3. The molecule has 0 unspecified atom stereocenters. The van der Waals surface area contributed by atoms with Crippen molar-refractivity contribution >= 4 is 39.4 Å². The summed E-state index contributed by atoms with van der Waals surface area (Å²) in [6.45, 7) is 1.54. The lowest BCUT2D eigenvalue weighted by Gasteiger charge is -2.05. The number of nitrogens with zero attached hydrogens (tertiary/aromatic N) is 3. The standard InChI is InChI=1S/C19H14N4O10S/c1-8-2-3-12(13(4-8)34(31,32)33)20-21-14-15(19(29)30)22-23(16(14)24)11-6-9(17(25)26)5-10(7-11)18(27)28/h2-7,22H,1H3,(H,25,26)(H,27,28)(H,29,30)(H,31,32,33). The molecule has 0 aliphatic heterocycles. The molecule has 0 aliphatic carbocycles. The molecule has 0 atom stereocenters. The molecule has 0 bridgehead atoms. The van der Waals surface area contributed by atoms with Crippen LogP contribution in [-0.2, 0) is 10.1 Å². The fraction of sp³-hybridized carbons (Fsp3) is 0.0526. The number of azo groups is 1. The summed E-state index contributed by atoms with van der Waals surface area (Å²) in [6.07, 6.45) is 0. The van der Waals surface area contributed by atoms with E-state index in [1.165, 1.54) is 12.1 Å². The Hall–Kier alpha value is -4.63. The van der Waals surface area contributed by atoms with E-state index >= 15 is 0 Å². The van der Waals surface area contributed by atoms with Crippen LogP contribution in [-0.4, -0.2) is 56.0 Å². The van der Waals surface area contributed by atoms with Crippen molar-refractivity contribution in [1.82, 2.24) is 9.78 Å². The number of aromatic nitrogens is 2. The van der Waals surface area contributed by atoms with E-state index in [9.17, 15) is 47.5 Å². The minimum Gasteiger partial charge on any atom is -0.478 e. The van der Waals surface area contributed by atoms with Gasteiger partial charge in [-0.3, -0.25) is 14.4 Å². The molecule has 14 nitrogen and oxygen atoms in total. The van der Waals surface area contributed by atoms with Crippen LogP contribution in [0, 0.1) is 6.92 Å². The molecule has 1 aromatic heterocycles. The zero-order chi connectivity index (χ0) is 25.4. The smallest absolute Gasteiger partial charge is 0.356 e. The molecule has 0 saturated heterocycles. The zero-order valence-corrected chi connectivity index (χ0v) is 17.8. The Morgan fingerprint density at radius 2 is 1.50 bits per heavy atom. The molecule has 3 aromatic rings. The molecule has 0 saturated carbocycles. The monoisotopic (exact) mass is 490 g/mol. The molecule has 0 aliphatic rings. The van der Waals surface area contributed by atoms with E-state index in [0.717, 1.165) is 24.3 Å². The zero-order valence-electron chi connectivity index (χ0n) is 17.0. The van der Waals surface area contributed by atoms with Gasteiger partial charge in [0.2, 0.25) is 0 Å². The highest BCUT2D eigenvalue weighted by atomic mass is 32.2. The second-order valence-corrected chi connectivity index (χ2v) is 8.20. The van der Waals surface area contributed by atoms with Crippen molar-refractivity contribution in [1.29, 1.82) is 0 Å².